The third kappa shape index (κ3) is 2.75. The van der Waals surface area contributed by atoms with Crippen molar-refractivity contribution >= 4 is 5.91 Å². The fraction of sp³-hybridized carbons (Fsp3) is 0.231. The minimum atomic E-state index is -0.256. The fourth-order valence-corrected chi connectivity index (χ4v) is 1.60. The Morgan fingerprint density at radius 3 is 2.78 bits per heavy atom. The molecule has 0 fully saturated rings. The molecule has 0 bridgehead atoms. The molecule has 0 saturated carbocycles. The molecule has 0 aliphatic heterocycles. The van der Waals surface area contributed by atoms with Gasteiger partial charge in [0.15, 0.2) is 0 Å². The molecule has 0 aliphatic rings. The van der Waals surface area contributed by atoms with Gasteiger partial charge in [0, 0.05) is 5.56 Å². The molecule has 0 radical (unpaired) electrons. The van der Waals surface area contributed by atoms with Crippen molar-refractivity contribution in [1.29, 1.82) is 0 Å². The second kappa shape index (κ2) is 5.46. The molecule has 94 valence electrons. The lowest BCUT2D eigenvalue weighted by Crippen LogP contribution is -2.24. The van der Waals surface area contributed by atoms with Gasteiger partial charge in [-0.25, -0.2) is 10.5 Å². The number of nitrogens with zero attached hydrogens (tertiary/aromatic N) is 1. The highest BCUT2D eigenvalue weighted by molar-refractivity contribution is 5.77. The van der Waals surface area contributed by atoms with E-state index < -0.39 is 0 Å². The Labute approximate surface area is 105 Å². The first kappa shape index (κ1) is 12.3. The first-order valence-corrected chi connectivity index (χ1v) is 5.54. The van der Waals surface area contributed by atoms with Crippen LogP contribution in [0.15, 0.2) is 34.7 Å². The molecule has 2 aromatic rings. The van der Waals surface area contributed by atoms with E-state index in [-0.39, 0.29) is 12.3 Å². The molecular weight excluding hydrogens is 232 g/mol. The Balaban J connectivity index is 2.20. The number of aromatic nitrogens is 1. The van der Waals surface area contributed by atoms with Crippen LogP contribution in [0, 0.1) is 6.92 Å². The summed E-state index contributed by atoms with van der Waals surface area (Å²) in [5.41, 5.74) is 3.75. The Kier molecular flexibility index (Phi) is 3.74. The molecule has 5 nitrogen and oxygen atoms in total. The van der Waals surface area contributed by atoms with Gasteiger partial charge >= 0.3 is 0 Å². The molecule has 0 atom stereocenters. The zero-order valence-electron chi connectivity index (χ0n) is 10.3. The van der Waals surface area contributed by atoms with Crippen LogP contribution in [0.25, 0.3) is 11.5 Å². The summed E-state index contributed by atoms with van der Waals surface area (Å²) in [4.78, 5) is 20.3. The number of benzene rings is 1. The van der Waals surface area contributed by atoms with Crippen LogP contribution in [0.4, 0.5) is 0 Å². The van der Waals surface area contributed by atoms with Gasteiger partial charge in [-0.15, -0.1) is 0 Å². The summed E-state index contributed by atoms with van der Waals surface area (Å²) in [5, 5.41) is 0. The first-order valence-electron chi connectivity index (χ1n) is 5.54. The van der Waals surface area contributed by atoms with Crippen LogP contribution >= 0.6 is 0 Å². The first-order chi connectivity index (χ1) is 8.70. The van der Waals surface area contributed by atoms with E-state index in [4.69, 9.17) is 4.42 Å². The molecule has 0 saturated heterocycles. The van der Waals surface area contributed by atoms with Crippen LogP contribution in [-0.4, -0.2) is 18.0 Å². The van der Waals surface area contributed by atoms with Gasteiger partial charge in [-0.05, 0) is 19.1 Å². The SMILES string of the molecule is CONC(=O)Cc1nc(-c2ccccc2)oc1C. The van der Waals surface area contributed by atoms with Gasteiger partial charge in [-0.1, -0.05) is 18.2 Å². The van der Waals surface area contributed by atoms with Gasteiger partial charge in [0.1, 0.15) is 5.76 Å². The van der Waals surface area contributed by atoms with Crippen molar-refractivity contribution in [3.05, 3.63) is 41.8 Å². The van der Waals surface area contributed by atoms with E-state index in [1.807, 2.05) is 30.3 Å². The van der Waals surface area contributed by atoms with E-state index in [1.54, 1.807) is 6.92 Å². The number of carbonyl (C=O) groups is 1. The summed E-state index contributed by atoms with van der Waals surface area (Å²) in [6.45, 7) is 1.79. The number of nitrogens with one attached hydrogen (secondary N) is 1. The maximum absolute atomic E-state index is 11.4. The van der Waals surface area contributed by atoms with Gasteiger partial charge in [0.25, 0.3) is 0 Å². The van der Waals surface area contributed by atoms with Crippen LogP contribution in [0.1, 0.15) is 11.5 Å². The molecule has 2 rings (SSSR count). The van der Waals surface area contributed by atoms with Crippen molar-refractivity contribution in [2.24, 2.45) is 0 Å². The maximum atomic E-state index is 11.4. The highest BCUT2D eigenvalue weighted by Crippen LogP contribution is 2.21. The number of hydroxylamine groups is 1. The van der Waals surface area contributed by atoms with Crippen molar-refractivity contribution in [2.75, 3.05) is 7.11 Å². The van der Waals surface area contributed by atoms with Crippen LogP contribution in [0.5, 0.6) is 0 Å². The topological polar surface area (TPSA) is 64.4 Å². The van der Waals surface area contributed by atoms with Crippen LogP contribution in [0.2, 0.25) is 0 Å². The summed E-state index contributed by atoms with van der Waals surface area (Å²) in [5.74, 6) is 0.905. The number of hydrogen-bond donors (Lipinski definition) is 1. The lowest BCUT2D eigenvalue weighted by Gasteiger charge is -1.98. The molecule has 1 aromatic heterocycles. The summed E-state index contributed by atoms with van der Waals surface area (Å²) in [7, 11) is 1.39. The smallest absolute Gasteiger partial charge is 0.249 e. The van der Waals surface area contributed by atoms with Crippen molar-refractivity contribution in [3.8, 4) is 11.5 Å². The predicted octanol–water partition coefficient (Wildman–Crippen LogP) is 1.87. The van der Waals surface area contributed by atoms with Crippen molar-refractivity contribution < 1.29 is 14.0 Å². The second-order valence-corrected chi connectivity index (χ2v) is 3.79. The highest BCUT2D eigenvalue weighted by atomic mass is 16.6. The molecular formula is C13H14N2O3. The summed E-state index contributed by atoms with van der Waals surface area (Å²) in [6, 6.07) is 9.55. The zero-order valence-corrected chi connectivity index (χ0v) is 10.3. The van der Waals surface area contributed by atoms with Crippen LogP contribution in [-0.2, 0) is 16.1 Å². The second-order valence-electron chi connectivity index (χ2n) is 3.79. The minimum Gasteiger partial charge on any atom is -0.441 e. The third-order valence-corrected chi connectivity index (χ3v) is 2.46. The molecule has 18 heavy (non-hydrogen) atoms. The number of aryl methyl sites for hydroxylation is 1. The normalized spacial score (nSPS) is 10.3. The minimum absolute atomic E-state index is 0.135. The summed E-state index contributed by atoms with van der Waals surface area (Å²) < 4.78 is 5.55. The average molecular weight is 246 g/mol. The number of hydrogen-bond acceptors (Lipinski definition) is 4. The van der Waals surface area contributed by atoms with Crippen LogP contribution in [0.3, 0.4) is 0 Å². The third-order valence-electron chi connectivity index (χ3n) is 2.46. The summed E-state index contributed by atoms with van der Waals surface area (Å²) >= 11 is 0. The summed E-state index contributed by atoms with van der Waals surface area (Å²) in [6.07, 6.45) is 0.135. The number of amides is 1. The molecule has 0 aliphatic carbocycles. The van der Waals surface area contributed by atoms with Gasteiger partial charge < -0.3 is 4.42 Å². The van der Waals surface area contributed by atoms with Gasteiger partial charge in [0.2, 0.25) is 11.8 Å². The zero-order chi connectivity index (χ0) is 13.0. The number of rotatable bonds is 4. The molecule has 5 heteroatoms. The predicted molar refractivity (Wildman–Crippen MR) is 65.5 cm³/mol. The highest BCUT2D eigenvalue weighted by Gasteiger charge is 2.14. The average Bonchev–Trinajstić information content (AvgIpc) is 2.72. The number of oxazole rings is 1. The Hall–Kier alpha value is -2.14. The van der Waals surface area contributed by atoms with Crippen molar-refractivity contribution in [3.63, 3.8) is 0 Å². The largest absolute Gasteiger partial charge is 0.441 e. The maximum Gasteiger partial charge on any atom is 0.249 e. The van der Waals surface area contributed by atoms with Crippen LogP contribution < -0.4 is 5.48 Å². The van der Waals surface area contributed by atoms with Gasteiger partial charge in [0.05, 0.1) is 19.2 Å². The standard InChI is InChI=1S/C13H14N2O3/c1-9-11(8-12(16)15-17-2)14-13(18-9)10-6-4-3-5-7-10/h3-7H,8H2,1-2H3,(H,15,16). The van der Waals surface area contributed by atoms with E-state index in [0.717, 1.165) is 5.56 Å². The Morgan fingerprint density at radius 1 is 1.39 bits per heavy atom. The van der Waals surface area contributed by atoms with E-state index in [0.29, 0.717) is 17.3 Å². The number of carbonyl (C=O) groups excluding carboxylic acids is 1. The monoisotopic (exact) mass is 246 g/mol. The lowest BCUT2D eigenvalue weighted by atomic mass is 10.2. The van der Waals surface area contributed by atoms with Crippen molar-refractivity contribution in [1.82, 2.24) is 10.5 Å². The van der Waals surface area contributed by atoms with E-state index in [2.05, 4.69) is 15.3 Å². The molecule has 1 amide bonds. The fourth-order valence-electron chi connectivity index (χ4n) is 1.60. The molecule has 1 aromatic carbocycles. The van der Waals surface area contributed by atoms with E-state index in [9.17, 15) is 4.79 Å². The lowest BCUT2D eigenvalue weighted by molar-refractivity contribution is -0.130. The molecule has 0 spiro atoms. The van der Waals surface area contributed by atoms with E-state index >= 15 is 0 Å². The Morgan fingerprint density at radius 2 is 2.11 bits per heavy atom. The Bertz CT molecular complexity index is 534. The quantitative estimate of drug-likeness (QED) is 0.836. The molecule has 1 heterocycles. The molecule has 1 N–H and O–H groups in total. The van der Waals surface area contributed by atoms with Gasteiger partial charge in [-0.3, -0.25) is 9.63 Å². The van der Waals surface area contributed by atoms with Gasteiger partial charge in [-0.2, -0.15) is 0 Å². The van der Waals surface area contributed by atoms with Crippen molar-refractivity contribution in [2.45, 2.75) is 13.3 Å². The van der Waals surface area contributed by atoms with E-state index in [1.165, 1.54) is 7.11 Å². The molecule has 0 unspecified atom stereocenters.